The number of rotatable bonds is 7. The third-order valence-corrected chi connectivity index (χ3v) is 7.06. The van der Waals surface area contributed by atoms with Crippen molar-refractivity contribution in [3.8, 4) is 5.75 Å². The van der Waals surface area contributed by atoms with Gasteiger partial charge in [0.15, 0.2) is 0 Å². The Kier molecular flexibility index (Phi) is 7.27. The van der Waals surface area contributed by atoms with Gasteiger partial charge in [0.05, 0.1) is 5.56 Å². The Morgan fingerprint density at radius 3 is 2.19 bits per heavy atom. The molecule has 4 rings (SSSR count). The van der Waals surface area contributed by atoms with Crippen LogP contribution in [0.15, 0.2) is 95.9 Å². The van der Waals surface area contributed by atoms with E-state index in [4.69, 9.17) is 4.18 Å². The lowest BCUT2D eigenvalue weighted by Crippen LogP contribution is -2.36. The molecule has 0 N–H and O–H groups in total. The Morgan fingerprint density at radius 1 is 0.865 bits per heavy atom. The predicted molar refractivity (Wildman–Crippen MR) is 135 cm³/mol. The van der Waals surface area contributed by atoms with Crippen LogP contribution in [0.4, 0.5) is 13.2 Å². The summed E-state index contributed by atoms with van der Waals surface area (Å²) >= 11 is 0. The minimum absolute atomic E-state index is 0.0573. The highest BCUT2D eigenvalue weighted by atomic mass is 32.2. The van der Waals surface area contributed by atoms with Crippen LogP contribution < -0.4 is 4.18 Å². The van der Waals surface area contributed by atoms with Crippen molar-refractivity contribution in [2.75, 3.05) is 0 Å². The number of carbonyl (C=O) groups excluding carboxylic acids is 1. The summed E-state index contributed by atoms with van der Waals surface area (Å²) in [6, 6.07) is 22.6. The molecule has 0 aliphatic carbocycles. The summed E-state index contributed by atoms with van der Waals surface area (Å²) in [4.78, 5) is 14.4. The van der Waals surface area contributed by atoms with Crippen LogP contribution in [0.5, 0.6) is 5.75 Å². The molecule has 192 valence electrons. The Balaban J connectivity index is 1.50. The smallest absolute Gasteiger partial charge is 0.379 e. The van der Waals surface area contributed by atoms with Crippen LogP contribution in [-0.4, -0.2) is 25.3 Å². The van der Waals surface area contributed by atoms with E-state index in [0.29, 0.717) is 11.6 Å². The van der Waals surface area contributed by atoms with Gasteiger partial charge >= 0.3 is 16.3 Å². The second-order valence-corrected chi connectivity index (χ2v) is 10.3. The summed E-state index contributed by atoms with van der Waals surface area (Å²) in [5.74, 6) is -0.202. The molecule has 4 aromatic rings. The Bertz CT molecular complexity index is 1530. The molecular formula is C28H24F3NO4S. The van der Waals surface area contributed by atoms with Crippen LogP contribution in [-0.2, 0) is 22.8 Å². The normalized spacial score (nSPS) is 12.1. The van der Waals surface area contributed by atoms with Gasteiger partial charge in [0.1, 0.15) is 10.6 Å². The highest BCUT2D eigenvalue weighted by Crippen LogP contribution is 2.31. The van der Waals surface area contributed by atoms with E-state index < -0.39 is 26.8 Å². The summed E-state index contributed by atoms with van der Waals surface area (Å²) < 4.78 is 69.0. The molecule has 5 nitrogen and oxygen atoms in total. The van der Waals surface area contributed by atoms with Crippen molar-refractivity contribution in [3.05, 3.63) is 108 Å². The first kappa shape index (κ1) is 26.2. The van der Waals surface area contributed by atoms with Gasteiger partial charge in [-0.25, -0.2) is 0 Å². The molecular weight excluding hydrogens is 503 g/mol. The van der Waals surface area contributed by atoms with Gasteiger partial charge in [-0.3, -0.25) is 4.79 Å². The molecule has 0 atom stereocenters. The van der Waals surface area contributed by atoms with Crippen molar-refractivity contribution in [1.29, 1.82) is 0 Å². The van der Waals surface area contributed by atoms with Crippen molar-refractivity contribution >= 4 is 26.8 Å². The zero-order chi connectivity index (χ0) is 26.8. The molecule has 9 heteroatoms. The Morgan fingerprint density at radius 2 is 1.54 bits per heavy atom. The highest BCUT2D eigenvalue weighted by molar-refractivity contribution is 7.87. The molecule has 0 aliphatic rings. The van der Waals surface area contributed by atoms with Gasteiger partial charge in [0.25, 0.3) is 5.91 Å². The second kappa shape index (κ2) is 10.3. The van der Waals surface area contributed by atoms with E-state index >= 15 is 0 Å². The third kappa shape index (κ3) is 6.11. The average molecular weight is 528 g/mol. The van der Waals surface area contributed by atoms with Crippen molar-refractivity contribution in [2.45, 2.75) is 37.5 Å². The van der Waals surface area contributed by atoms with Crippen molar-refractivity contribution in [1.82, 2.24) is 4.90 Å². The second-order valence-electron chi connectivity index (χ2n) is 8.80. The van der Waals surface area contributed by atoms with Gasteiger partial charge in [-0.1, -0.05) is 48.5 Å². The van der Waals surface area contributed by atoms with Crippen LogP contribution in [0.2, 0.25) is 0 Å². The van der Waals surface area contributed by atoms with Gasteiger partial charge in [0, 0.05) is 18.2 Å². The number of fused-ring (bicyclic) bond motifs is 1. The van der Waals surface area contributed by atoms with E-state index in [0.717, 1.165) is 34.5 Å². The number of alkyl halides is 3. The van der Waals surface area contributed by atoms with Crippen LogP contribution in [0.25, 0.3) is 10.8 Å². The molecule has 0 unspecified atom stereocenters. The quantitative estimate of drug-likeness (QED) is 0.252. The summed E-state index contributed by atoms with van der Waals surface area (Å²) in [5, 5.41) is 1.99. The number of amides is 1. The number of hydrogen-bond donors (Lipinski definition) is 0. The van der Waals surface area contributed by atoms with Crippen LogP contribution >= 0.6 is 0 Å². The lowest BCUT2D eigenvalue weighted by molar-refractivity contribution is -0.137. The van der Waals surface area contributed by atoms with E-state index in [1.54, 1.807) is 23.1 Å². The maximum atomic E-state index is 13.3. The third-order valence-electron chi connectivity index (χ3n) is 5.81. The van der Waals surface area contributed by atoms with E-state index in [1.165, 1.54) is 12.1 Å². The molecule has 0 saturated carbocycles. The van der Waals surface area contributed by atoms with Crippen molar-refractivity contribution < 1.29 is 30.6 Å². The number of hydrogen-bond acceptors (Lipinski definition) is 4. The fourth-order valence-corrected chi connectivity index (χ4v) is 4.80. The lowest BCUT2D eigenvalue weighted by atomic mass is 10.1. The number of benzene rings is 4. The largest absolute Gasteiger partial charge is 0.416 e. The minimum Gasteiger partial charge on any atom is -0.379 e. The maximum Gasteiger partial charge on any atom is 0.416 e. The monoisotopic (exact) mass is 527 g/mol. The zero-order valence-electron chi connectivity index (χ0n) is 20.1. The molecule has 1 amide bonds. The molecule has 0 spiro atoms. The van der Waals surface area contributed by atoms with Crippen LogP contribution in [0.3, 0.4) is 0 Å². The predicted octanol–water partition coefficient (Wildman–Crippen LogP) is 6.68. The molecule has 4 aromatic carbocycles. The molecule has 0 bridgehead atoms. The lowest BCUT2D eigenvalue weighted by Gasteiger charge is -2.27. The Labute approximate surface area is 213 Å². The van der Waals surface area contributed by atoms with Gasteiger partial charge in [-0.05, 0) is 72.6 Å². The molecule has 37 heavy (non-hydrogen) atoms. The van der Waals surface area contributed by atoms with E-state index in [9.17, 15) is 26.4 Å². The SMILES string of the molecule is CC(C)N(Cc1ccc(OS(=O)(=O)c2cccc(C(F)(F)F)c2)cc1)C(=O)c1ccc2ccccc2c1. The van der Waals surface area contributed by atoms with Crippen molar-refractivity contribution in [2.24, 2.45) is 0 Å². The summed E-state index contributed by atoms with van der Waals surface area (Å²) in [7, 11) is -4.48. The van der Waals surface area contributed by atoms with Crippen LogP contribution in [0.1, 0.15) is 35.3 Å². The first-order chi connectivity index (χ1) is 17.4. The molecule has 0 heterocycles. The first-order valence-corrected chi connectivity index (χ1v) is 12.9. The minimum atomic E-state index is -4.68. The summed E-state index contributed by atoms with van der Waals surface area (Å²) in [6.45, 7) is 4.07. The standard InChI is InChI=1S/C28H24F3NO4S/c1-19(2)32(27(33)23-13-12-21-6-3-4-7-22(21)16-23)18-20-10-14-25(15-11-20)36-37(34,35)26-9-5-8-24(17-26)28(29,30)31/h3-17,19H,18H2,1-2H3. The number of halogens is 3. The zero-order valence-corrected chi connectivity index (χ0v) is 20.9. The number of carbonyl (C=O) groups is 1. The first-order valence-electron chi connectivity index (χ1n) is 11.4. The molecule has 0 fully saturated rings. The molecule has 0 radical (unpaired) electrons. The van der Waals surface area contributed by atoms with Gasteiger partial charge < -0.3 is 9.08 Å². The molecule has 0 saturated heterocycles. The average Bonchev–Trinajstić information content (AvgIpc) is 2.87. The fourth-order valence-electron chi connectivity index (χ4n) is 3.83. The van der Waals surface area contributed by atoms with Gasteiger partial charge in [-0.15, -0.1) is 0 Å². The fraction of sp³-hybridized carbons (Fsp3) is 0.179. The highest BCUT2D eigenvalue weighted by Gasteiger charge is 2.32. The summed E-state index contributed by atoms with van der Waals surface area (Å²) in [6.07, 6.45) is -4.68. The molecule has 0 aliphatic heterocycles. The van der Waals surface area contributed by atoms with Crippen LogP contribution in [0, 0.1) is 0 Å². The number of nitrogens with zero attached hydrogens (tertiary/aromatic N) is 1. The van der Waals surface area contributed by atoms with E-state index in [1.807, 2.05) is 50.2 Å². The van der Waals surface area contributed by atoms with Crippen molar-refractivity contribution in [3.63, 3.8) is 0 Å². The Hall–Kier alpha value is -3.85. The maximum absolute atomic E-state index is 13.3. The van der Waals surface area contributed by atoms with E-state index in [2.05, 4.69) is 0 Å². The molecule has 0 aromatic heterocycles. The topological polar surface area (TPSA) is 63.7 Å². The summed E-state index contributed by atoms with van der Waals surface area (Å²) in [5.41, 5.74) is 0.198. The van der Waals surface area contributed by atoms with Gasteiger partial charge in [-0.2, -0.15) is 21.6 Å². The van der Waals surface area contributed by atoms with E-state index in [-0.39, 0.29) is 24.2 Å². The van der Waals surface area contributed by atoms with Gasteiger partial charge in [0.2, 0.25) is 0 Å².